The van der Waals surface area contributed by atoms with Crippen LogP contribution in [0.15, 0.2) is 43.0 Å². The Kier molecular flexibility index (Phi) is 5.71. The van der Waals surface area contributed by atoms with E-state index in [0.29, 0.717) is 6.54 Å². The molecule has 0 unspecified atom stereocenters. The van der Waals surface area contributed by atoms with E-state index in [1.807, 2.05) is 10.8 Å². The van der Waals surface area contributed by atoms with Crippen LogP contribution in [0.2, 0.25) is 0 Å². The summed E-state index contributed by atoms with van der Waals surface area (Å²) in [7, 11) is 0. The van der Waals surface area contributed by atoms with Gasteiger partial charge in [-0.25, -0.2) is 9.37 Å². The van der Waals surface area contributed by atoms with Crippen molar-refractivity contribution in [2.45, 2.75) is 52.7 Å². The van der Waals surface area contributed by atoms with Crippen LogP contribution < -0.4 is 0 Å². The molecule has 27 heavy (non-hydrogen) atoms. The number of nitrogens with zero attached hydrogens (tertiary/aromatic N) is 3. The molecule has 2 aromatic heterocycles. The Hall–Kier alpha value is -2.53. The maximum Gasteiger partial charge on any atom is 0.123 e. The molecule has 0 saturated heterocycles. The number of halogens is 1. The first-order chi connectivity index (χ1) is 12.9. The molecule has 3 rings (SSSR count). The third-order valence-electron chi connectivity index (χ3n) is 4.75. The van der Waals surface area contributed by atoms with Gasteiger partial charge in [-0.1, -0.05) is 39.8 Å². The van der Waals surface area contributed by atoms with E-state index >= 15 is 0 Å². The molecule has 0 aliphatic carbocycles. The van der Waals surface area contributed by atoms with E-state index in [1.165, 1.54) is 12.1 Å². The summed E-state index contributed by atoms with van der Waals surface area (Å²) in [6.45, 7) is 8.89. The summed E-state index contributed by atoms with van der Waals surface area (Å²) in [6, 6.07) is 6.47. The van der Waals surface area contributed by atoms with E-state index < -0.39 is 0 Å². The SMILES string of the molecule is CC(C)c1nc(C(C)C)c(Cn2ccnc2)c(-c2ccc(F)cc2)c1CO. The lowest BCUT2D eigenvalue weighted by atomic mass is 9.87. The van der Waals surface area contributed by atoms with Crippen LogP contribution in [0.1, 0.15) is 62.0 Å². The number of hydrogen-bond acceptors (Lipinski definition) is 3. The first-order valence-electron chi connectivity index (χ1n) is 9.30. The molecule has 1 aromatic carbocycles. The van der Waals surface area contributed by atoms with E-state index in [4.69, 9.17) is 4.98 Å². The van der Waals surface area contributed by atoms with E-state index in [-0.39, 0.29) is 24.3 Å². The average Bonchev–Trinajstić information content (AvgIpc) is 3.14. The van der Waals surface area contributed by atoms with Crippen molar-refractivity contribution in [2.24, 2.45) is 0 Å². The van der Waals surface area contributed by atoms with Crippen molar-refractivity contribution in [3.8, 4) is 11.1 Å². The molecule has 0 aliphatic rings. The van der Waals surface area contributed by atoms with Crippen molar-refractivity contribution in [3.05, 3.63) is 71.3 Å². The molecular weight excluding hydrogens is 341 g/mol. The molecule has 0 atom stereocenters. The fourth-order valence-corrected chi connectivity index (χ4v) is 3.51. The van der Waals surface area contributed by atoms with Crippen molar-refractivity contribution in [2.75, 3.05) is 0 Å². The second-order valence-electron chi connectivity index (χ2n) is 7.42. The van der Waals surface area contributed by atoms with Crippen molar-refractivity contribution in [1.29, 1.82) is 0 Å². The van der Waals surface area contributed by atoms with Gasteiger partial charge in [0.25, 0.3) is 0 Å². The van der Waals surface area contributed by atoms with E-state index in [9.17, 15) is 9.50 Å². The summed E-state index contributed by atoms with van der Waals surface area (Å²) < 4.78 is 15.5. The van der Waals surface area contributed by atoms with Crippen molar-refractivity contribution >= 4 is 0 Å². The Morgan fingerprint density at radius 2 is 1.63 bits per heavy atom. The van der Waals surface area contributed by atoms with Crippen LogP contribution in [0.3, 0.4) is 0 Å². The lowest BCUT2D eigenvalue weighted by molar-refractivity contribution is 0.279. The molecule has 0 spiro atoms. The predicted molar refractivity (Wildman–Crippen MR) is 105 cm³/mol. The van der Waals surface area contributed by atoms with Crippen LogP contribution in [0.4, 0.5) is 4.39 Å². The molecule has 0 bridgehead atoms. The molecule has 142 valence electrons. The van der Waals surface area contributed by atoms with E-state index in [0.717, 1.165) is 33.6 Å². The first kappa shape index (κ1) is 19.2. The third-order valence-corrected chi connectivity index (χ3v) is 4.75. The molecule has 3 aromatic rings. The minimum absolute atomic E-state index is 0.109. The largest absolute Gasteiger partial charge is 0.392 e. The Bertz CT molecular complexity index is 900. The van der Waals surface area contributed by atoms with Gasteiger partial charge in [-0.3, -0.25) is 4.98 Å². The molecule has 0 fully saturated rings. The summed E-state index contributed by atoms with van der Waals surface area (Å²) in [5, 5.41) is 10.2. The zero-order chi connectivity index (χ0) is 19.6. The number of benzene rings is 1. The van der Waals surface area contributed by atoms with Gasteiger partial charge in [0, 0.05) is 34.9 Å². The van der Waals surface area contributed by atoms with Gasteiger partial charge in [0.05, 0.1) is 19.5 Å². The monoisotopic (exact) mass is 367 g/mol. The number of pyridine rings is 1. The second-order valence-corrected chi connectivity index (χ2v) is 7.42. The Morgan fingerprint density at radius 3 is 2.15 bits per heavy atom. The van der Waals surface area contributed by atoms with Gasteiger partial charge in [-0.05, 0) is 35.1 Å². The summed E-state index contributed by atoms with van der Waals surface area (Å²) in [6.07, 6.45) is 5.43. The van der Waals surface area contributed by atoms with Crippen LogP contribution in [0.5, 0.6) is 0 Å². The molecule has 4 nitrogen and oxygen atoms in total. The summed E-state index contributed by atoms with van der Waals surface area (Å²) in [4.78, 5) is 9.10. The van der Waals surface area contributed by atoms with Crippen molar-refractivity contribution in [3.63, 3.8) is 0 Å². The molecule has 0 aliphatic heterocycles. The van der Waals surface area contributed by atoms with Gasteiger partial charge in [-0.15, -0.1) is 0 Å². The molecule has 0 amide bonds. The number of aliphatic hydroxyl groups is 1. The average molecular weight is 367 g/mol. The Morgan fingerprint density at radius 1 is 1.00 bits per heavy atom. The van der Waals surface area contributed by atoms with Crippen LogP contribution in [-0.4, -0.2) is 19.6 Å². The fraction of sp³-hybridized carbons (Fsp3) is 0.364. The summed E-state index contributed by atoms with van der Waals surface area (Å²) in [5.41, 5.74) is 5.60. The first-order valence-corrected chi connectivity index (χ1v) is 9.30. The van der Waals surface area contributed by atoms with E-state index in [2.05, 4.69) is 32.7 Å². The normalized spacial score (nSPS) is 11.6. The van der Waals surface area contributed by atoms with Gasteiger partial charge in [0.2, 0.25) is 0 Å². The molecule has 2 heterocycles. The highest BCUT2D eigenvalue weighted by molar-refractivity contribution is 5.73. The second kappa shape index (κ2) is 8.01. The lowest BCUT2D eigenvalue weighted by Gasteiger charge is -2.24. The van der Waals surface area contributed by atoms with Crippen LogP contribution in [0, 0.1) is 5.82 Å². The van der Waals surface area contributed by atoms with E-state index in [1.54, 1.807) is 24.7 Å². The minimum Gasteiger partial charge on any atom is -0.392 e. The number of aliphatic hydroxyl groups excluding tert-OH is 1. The van der Waals surface area contributed by atoms with Crippen LogP contribution in [-0.2, 0) is 13.2 Å². The minimum atomic E-state index is -0.275. The van der Waals surface area contributed by atoms with Gasteiger partial charge in [-0.2, -0.15) is 0 Å². The third kappa shape index (κ3) is 3.93. The van der Waals surface area contributed by atoms with Gasteiger partial charge in [0.1, 0.15) is 5.82 Å². The zero-order valence-corrected chi connectivity index (χ0v) is 16.3. The lowest BCUT2D eigenvalue weighted by Crippen LogP contribution is -2.14. The van der Waals surface area contributed by atoms with Gasteiger partial charge < -0.3 is 9.67 Å². The molecule has 0 radical (unpaired) electrons. The highest BCUT2D eigenvalue weighted by Crippen LogP contribution is 2.37. The summed E-state index contributed by atoms with van der Waals surface area (Å²) >= 11 is 0. The van der Waals surface area contributed by atoms with Gasteiger partial charge in [0.15, 0.2) is 0 Å². The molecule has 1 N–H and O–H groups in total. The van der Waals surface area contributed by atoms with Gasteiger partial charge >= 0.3 is 0 Å². The van der Waals surface area contributed by atoms with Crippen LogP contribution >= 0.6 is 0 Å². The van der Waals surface area contributed by atoms with Crippen LogP contribution in [0.25, 0.3) is 11.1 Å². The quantitative estimate of drug-likeness (QED) is 0.676. The Balaban J connectivity index is 2.34. The summed E-state index contributed by atoms with van der Waals surface area (Å²) in [5.74, 6) is 0.113. The molecule has 0 saturated carbocycles. The smallest absolute Gasteiger partial charge is 0.123 e. The highest BCUT2D eigenvalue weighted by atomic mass is 19.1. The number of rotatable bonds is 6. The Labute approximate surface area is 159 Å². The number of aromatic nitrogens is 3. The predicted octanol–water partition coefficient (Wildman–Crippen LogP) is 4.87. The zero-order valence-electron chi connectivity index (χ0n) is 16.3. The fourth-order valence-electron chi connectivity index (χ4n) is 3.51. The highest BCUT2D eigenvalue weighted by Gasteiger charge is 2.23. The molecule has 5 heteroatoms. The van der Waals surface area contributed by atoms with Crippen molar-refractivity contribution in [1.82, 2.24) is 14.5 Å². The number of hydrogen-bond donors (Lipinski definition) is 1. The molecular formula is C22H26FN3O. The number of imidazole rings is 1. The maximum absolute atomic E-state index is 13.5. The maximum atomic E-state index is 13.5. The topological polar surface area (TPSA) is 50.9 Å². The standard InChI is InChI=1S/C22H26FN3O/c1-14(2)21-18(11-26-10-9-24-13-26)20(16-5-7-17(23)8-6-16)19(12-27)22(25-21)15(3)4/h5-10,13-15,27H,11-12H2,1-4H3. The van der Waals surface area contributed by atoms with Crippen molar-refractivity contribution < 1.29 is 9.50 Å².